The highest BCUT2D eigenvalue weighted by Gasteiger charge is 2.14. The summed E-state index contributed by atoms with van der Waals surface area (Å²) in [5.41, 5.74) is 0. The van der Waals surface area contributed by atoms with Gasteiger partial charge in [0, 0.05) is 6.07 Å². The molecular weight excluding hydrogens is 212 g/mol. The van der Waals surface area contributed by atoms with E-state index in [-0.39, 0.29) is 6.10 Å². The monoisotopic (exact) mass is 227 g/mol. The van der Waals surface area contributed by atoms with Gasteiger partial charge in [-0.1, -0.05) is 0 Å². The highest BCUT2D eigenvalue weighted by molar-refractivity contribution is 5.23. The Morgan fingerprint density at radius 2 is 2.00 bits per heavy atom. The quantitative estimate of drug-likeness (QED) is 0.838. The molecule has 1 fully saturated rings. The molecule has 1 heterocycles. The van der Waals surface area contributed by atoms with Crippen LogP contribution in [0.1, 0.15) is 19.3 Å². The largest absolute Gasteiger partial charge is 0.490 e. The van der Waals surface area contributed by atoms with Crippen molar-refractivity contribution in [3.63, 3.8) is 0 Å². The van der Waals surface area contributed by atoms with Crippen LogP contribution in [0.25, 0.3) is 0 Å². The molecule has 1 unspecified atom stereocenters. The molecule has 0 aliphatic carbocycles. The molecule has 0 bridgehead atoms. The number of ether oxygens (including phenoxy) is 1. The molecule has 1 saturated heterocycles. The van der Waals surface area contributed by atoms with Crippen LogP contribution >= 0.6 is 0 Å². The second-order valence-electron chi connectivity index (χ2n) is 4.00. The van der Waals surface area contributed by atoms with E-state index in [0.717, 1.165) is 44.5 Å². The summed E-state index contributed by atoms with van der Waals surface area (Å²) in [6, 6.07) is 3.67. The van der Waals surface area contributed by atoms with Crippen LogP contribution < -0.4 is 10.1 Å². The molecule has 0 aromatic heterocycles. The van der Waals surface area contributed by atoms with Crippen molar-refractivity contribution in [2.45, 2.75) is 25.4 Å². The molecule has 1 aromatic carbocycles. The minimum Gasteiger partial charge on any atom is -0.490 e. The molecule has 0 radical (unpaired) electrons. The fraction of sp³-hybridized carbons (Fsp3) is 0.500. The van der Waals surface area contributed by atoms with Gasteiger partial charge in [0.2, 0.25) is 0 Å². The molecule has 0 spiro atoms. The van der Waals surface area contributed by atoms with Crippen molar-refractivity contribution < 1.29 is 13.5 Å². The highest BCUT2D eigenvalue weighted by Crippen LogP contribution is 2.19. The summed E-state index contributed by atoms with van der Waals surface area (Å²) in [4.78, 5) is 0. The number of hydrogen-bond donors (Lipinski definition) is 1. The molecule has 1 atom stereocenters. The average Bonchev–Trinajstić information content (AvgIpc) is 2.52. The van der Waals surface area contributed by atoms with Crippen molar-refractivity contribution in [2.24, 2.45) is 0 Å². The summed E-state index contributed by atoms with van der Waals surface area (Å²) in [5.74, 6) is -1.29. The maximum Gasteiger partial charge on any atom is 0.162 e. The maximum absolute atomic E-state index is 12.9. The zero-order chi connectivity index (χ0) is 11.4. The molecule has 1 N–H and O–H groups in total. The molecule has 1 aromatic rings. The van der Waals surface area contributed by atoms with E-state index in [1.54, 1.807) is 0 Å². The lowest BCUT2D eigenvalue weighted by Gasteiger charge is -2.16. The Morgan fingerprint density at radius 3 is 2.81 bits per heavy atom. The van der Waals surface area contributed by atoms with E-state index in [2.05, 4.69) is 5.32 Å². The first-order valence-electron chi connectivity index (χ1n) is 5.58. The minimum atomic E-state index is -0.857. The zero-order valence-corrected chi connectivity index (χ0v) is 9.01. The van der Waals surface area contributed by atoms with E-state index in [1.807, 2.05) is 0 Å². The van der Waals surface area contributed by atoms with Gasteiger partial charge in [-0.05, 0) is 44.5 Å². The summed E-state index contributed by atoms with van der Waals surface area (Å²) in [6.07, 6.45) is 3.00. The Morgan fingerprint density at radius 1 is 1.12 bits per heavy atom. The normalized spacial score (nSPS) is 21.5. The van der Waals surface area contributed by atoms with Gasteiger partial charge in [0.25, 0.3) is 0 Å². The summed E-state index contributed by atoms with van der Waals surface area (Å²) in [7, 11) is 0. The van der Waals surface area contributed by atoms with Crippen LogP contribution in [0.15, 0.2) is 18.2 Å². The lowest BCUT2D eigenvalue weighted by molar-refractivity contribution is 0.186. The van der Waals surface area contributed by atoms with Gasteiger partial charge >= 0.3 is 0 Å². The Balaban J connectivity index is 1.99. The van der Waals surface area contributed by atoms with Crippen LogP contribution in [0.4, 0.5) is 8.78 Å². The van der Waals surface area contributed by atoms with Gasteiger partial charge in [-0.25, -0.2) is 8.78 Å². The fourth-order valence-corrected chi connectivity index (χ4v) is 1.85. The van der Waals surface area contributed by atoms with Gasteiger partial charge < -0.3 is 10.1 Å². The van der Waals surface area contributed by atoms with Gasteiger partial charge in [0.05, 0.1) is 6.10 Å². The first kappa shape index (κ1) is 11.3. The molecule has 2 nitrogen and oxygen atoms in total. The predicted molar refractivity (Wildman–Crippen MR) is 57.5 cm³/mol. The summed E-state index contributed by atoms with van der Waals surface area (Å²) in [6.45, 7) is 1.91. The molecule has 0 saturated carbocycles. The lowest BCUT2D eigenvalue weighted by Crippen LogP contribution is -2.19. The topological polar surface area (TPSA) is 21.3 Å². The van der Waals surface area contributed by atoms with E-state index < -0.39 is 11.6 Å². The van der Waals surface area contributed by atoms with Gasteiger partial charge in [0.1, 0.15) is 5.75 Å². The van der Waals surface area contributed by atoms with Gasteiger partial charge in [-0.3, -0.25) is 0 Å². The van der Waals surface area contributed by atoms with Crippen LogP contribution in [-0.4, -0.2) is 19.2 Å². The number of hydrogen-bond acceptors (Lipinski definition) is 2. The Bertz CT molecular complexity index is 349. The van der Waals surface area contributed by atoms with Crippen LogP contribution in [0.2, 0.25) is 0 Å². The second-order valence-corrected chi connectivity index (χ2v) is 4.00. The average molecular weight is 227 g/mol. The number of nitrogens with one attached hydrogen (secondary N) is 1. The molecule has 1 aliphatic rings. The Kier molecular flexibility index (Phi) is 3.72. The van der Waals surface area contributed by atoms with Crippen molar-refractivity contribution in [3.8, 4) is 5.75 Å². The minimum absolute atomic E-state index is 0.0971. The van der Waals surface area contributed by atoms with Crippen LogP contribution in [-0.2, 0) is 0 Å². The summed E-state index contributed by atoms with van der Waals surface area (Å²) in [5, 5.41) is 3.27. The maximum atomic E-state index is 12.9. The fourth-order valence-electron chi connectivity index (χ4n) is 1.85. The zero-order valence-electron chi connectivity index (χ0n) is 9.01. The van der Waals surface area contributed by atoms with Crippen molar-refractivity contribution in [1.82, 2.24) is 5.32 Å². The highest BCUT2D eigenvalue weighted by atomic mass is 19.2. The third-order valence-electron chi connectivity index (χ3n) is 2.72. The smallest absolute Gasteiger partial charge is 0.162 e. The van der Waals surface area contributed by atoms with Crippen molar-refractivity contribution in [3.05, 3.63) is 29.8 Å². The van der Waals surface area contributed by atoms with Gasteiger partial charge in [-0.2, -0.15) is 0 Å². The second kappa shape index (κ2) is 5.25. The molecule has 4 heteroatoms. The third kappa shape index (κ3) is 2.92. The van der Waals surface area contributed by atoms with Crippen molar-refractivity contribution in [1.29, 1.82) is 0 Å². The number of halogens is 2. The summed E-state index contributed by atoms with van der Waals surface area (Å²) < 4.78 is 31.3. The van der Waals surface area contributed by atoms with E-state index in [4.69, 9.17) is 4.74 Å². The molecule has 88 valence electrons. The van der Waals surface area contributed by atoms with E-state index in [1.165, 1.54) is 6.07 Å². The number of rotatable bonds is 2. The molecule has 2 rings (SSSR count). The predicted octanol–water partition coefficient (Wildman–Crippen LogP) is 2.49. The van der Waals surface area contributed by atoms with Crippen LogP contribution in [0.3, 0.4) is 0 Å². The molecule has 16 heavy (non-hydrogen) atoms. The summed E-state index contributed by atoms with van der Waals surface area (Å²) >= 11 is 0. The molecule has 1 aliphatic heterocycles. The van der Waals surface area contributed by atoms with E-state index in [0.29, 0.717) is 5.75 Å². The molecular formula is C12H15F2NO. The van der Waals surface area contributed by atoms with Crippen molar-refractivity contribution in [2.75, 3.05) is 13.1 Å². The lowest BCUT2D eigenvalue weighted by atomic mass is 10.1. The van der Waals surface area contributed by atoms with E-state index in [9.17, 15) is 8.78 Å². The van der Waals surface area contributed by atoms with Crippen molar-refractivity contribution >= 4 is 0 Å². The first-order chi connectivity index (χ1) is 7.75. The SMILES string of the molecule is Fc1ccc(OC2CCCNCC2)cc1F. The standard InChI is InChI=1S/C12H15F2NO/c13-11-4-3-10(8-12(11)14)16-9-2-1-6-15-7-5-9/h3-4,8-9,15H,1-2,5-7H2. The number of benzene rings is 1. The first-order valence-corrected chi connectivity index (χ1v) is 5.58. The van der Waals surface area contributed by atoms with Gasteiger partial charge in [-0.15, -0.1) is 0 Å². The van der Waals surface area contributed by atoms with E-state index >= 15 is 0 Å². The van der Waals surface area contributed by atoms with Gasteiger partial charge in [0.15, 0.2) is 11.6 Å². The van der Waals surface area contributed by atoms with Crippen LogP contribution in [0.5, 0.6) is 5.75 Å². The Labute approximate surface area is 93.6 Å². The Hall–Kier alpha value is -1.16. The third-order valence-corrected chi connectivity index (χ3v) is 2.72. The van der Waals surface area contributed by atoms with Crippen LogP contribution in [0, 0.1) is 11.6 Å². The molecule has 0 amide bonds.